The van der Waals surface area contributed by atoms with Gasteiger partial charge in [-0.25, -0.2) is 0 Å². The second-order valence-corrected chi connectivity index (χ2v) is 5.81. The van der Waals surface area contributed by atoms with E-state index in [-0.39, 0.29) is 11.4 Å². The van der Waals surface area contributed by atoms with Crippen LogP contribution in [0.25, 0.3) is 0 Å². The van der Waals surface area contributed by atoms with E-state index in [2.05, 4.69) is 26.3 Å². The van der Waals surface area contributed by atoms with Crippen LogP contribution in [0.5, 0.6) is 0 Å². The fourth-order valence-electron chi connectivity index (χ4n) is 2.75. The molecule has 1 amide bonds. The van der Waals surface area contributed by atoms with Crippen molar-refractivity contribution < 1.29 is 4.79 Å². The Morgan fingerprint density at radius 2 is 2.06 bits per heavy atom. The molecule has 1 aromatic rings. The summed E-state index contributed by atoms with van der Waals surface area (Å²) in [5.41, 5.74) is 2.39. The topological polar surface area (TPSA) is 46.9 Å². The average molecular weight is 314 g/mol. The molecular formula is C13H20BrN3O. The van der Waals surface area contributed by atoms with Gasteiger partial charge in [-0.3, -0.25) is 9.48 Å². The number of aromatic nitrogens is 2. The molecule has 1 aromatic heterocycles. The smallest absolute Gasteiger partial charge is 0.255 e. The number of carbonyl (C=O) groups excluding carboxylic acids is 1. The fraction of sp³-hybridized carbons (Fsp3) is 0.692. The Hall–Kier alpha value is -0.840. The van der Waals surface area contributed by atoms with Crippen LogP contribution in [0.2, 0.25) is 0 Å². The van der Waals surface area contributed by atoms with Gasteiger partial charge in [0, 0.05) is 18.1 Å². The van der Waals surface area contributed by atoms with Gasteiger partial charge < -0.3 is 5.32 Å². The SMILES string of the molecule is Cc1nn(C)c(C)c1C(=O)NC1(CBr)CCCC1. The Morgan fingerprint density at radius 3 is 2.50 bits per heavy atom. The van der Waals surface area contributed by atoms with Gasteiger partial charge >= 0.3 is 0 Å². The number of alkyl halides is 1. The highest BCUT2D eigenvalue weighted by molar-refractivity contribution is 9.09. The Balaban J connectivity index is 2.21. The third-order valence-electron chi connectivity index (χ3n) is 3.93. The van der Waals surface area contributed by atoms with Crippen molar-refractivity contribution in [2.75, 3.05) is 5.33 Å². The number of aryl methyl sites for hydroxylation is 2. The first-order chi connectivity index (χ1) is 8.49. The molecule has 5 heteroatoms. The Kier molecular flexibility index (Phi) is 3.80. The summed E-state index contributed by atoms with van der Waals surface area (Å²) in [6.45, 7) is 3.82. The average Bonchev–Trinajstić information content (AvgIpc) is 2.86. The minimum absolute atomic E-state index is 0.0134. The lowest BCUT2D eigenvalue weighted by Crippen LogP contribution is -2.48. The summed E-state index contributed by atoms with van der Waals surface area (Å²) in [5, 5.41) is 8.34. The zero-order chi connectivity index (χ0) is 13.3. The molecular weight excluding hydrogens is 294 g/mol. The third kappa shape index (κ3) is 2.32. The summed E-state index contributed by atoms with van der Waals surface area (Å²) < 4.78 is 1.76. The summed E-state index contributed by atoms with van der Waals surface area (Å²) in [5.74, 6) is 0.0134. The van der Waals surface area contributed by atoms with Gasteiger partial charge in [0.05, 0.1) is 16.8 Å². The lowest BCUT2D eigenvalue weighted by Gasteiger charge is -2.28. The number of nitrogens with one attached hydrogen (secondary N) is 1. The maximum absolute atomic E-state index is 12.4. The number of amides is 1. The van der Waals surface area contributed by atoms with Gasteiger partial charge in [-0.2, -0.15) is 5.10 Å². The Bertz CT molecular complexity index is 461. The number of carbonyl (C=O) groups is 1. The normalized spacial score (nSPS) is 18.0. The maximum atomic E-state index is 12.4. The molecule has 1 saturated carbocycles. The van der Waals surface area contributed by atoms with E-state index in [1.165, 1.54) is 12.8 Å². The largest absolute Gasteiger partial charge is 0.346 e. The second kappa shape index (κ2) is 5.03. The molecule has 1 N–H and O–H groups in total. The molecule has 2 rings (SSSR count). The summed E-state index contributed by atoms with van der Waals surface area (Å²) in [4.78, 5) is 12.4. The molecule has 0 aliphatic heterocycles. The summed E-state index contributed by atoms with van der Waals surface area (Å²) in [7, 11) is 1.87. The summed E-state index contributed by atoms with van der Waals surface area (Å²) in [6, 6.07) is 0. The number of hydrogen-bond acceptors (Lipinski definition) is 2. The van der Waals surface area contributed by atoms with Gasteiger partial charge in [0.1, 0.15) is 0 Å². The van der Waals surface area contributed by atoms with Crippen molar-refractivity contribution in [3.63, 3.8) is 0 Å². The van der Waals surface area contributed by atoms with Gasteiger partial charge in [0.25, 0.3) is 5.91 Å². The molecule has 18 heavy (non-hydrogen) atoms. The Morgan fingerprint density at radius 1 is 1.44 bits per heavy atom. The van der Waals surface area contributed by atoms with Crippen LogP contribution in [-0.4, -0.2) is 26.6 Å². The van der Waals surface area contributed by atoms with Gasteiger partial charge in [-0.05, 0) is 26.7 Å². The molecule has 0 atom stereocenters. The first-order valence-electron chi connectivity index (χ1n) is 6.38. The van der Waals surface area contributed by atoms with E-state index < -0.39 is 0 Å². The van der Waals surface area contributed by atoms with Crippen molar-refractivity contribution in [2.24, 2.45) is 7.05 Å². The molecule has 100 valence electrons. The third-order valence-corrected chi connectivity index (χ3v) is 5.00. The van der Waals surface area contributed by atoms with Crippen LogP contribution in [0, 0.1) is 13.8 Å². The van der Waals surface area contributed by atoms with Crippen molar-refractivity contribution in [1.82, 2.24) is 15.1 Å². The highest BCUT2D eigenvalue weighted by atomic mass is 79.9. The standard InChI is InChI=1S/C13H20BrN3O/c1-9-11(10(2)17(3)16-9)12(18)15-13(8-14)6-4-5-7-13/h4-8H2,1-3H3,(H,15,18). The van der Waals surface area contributed by atoms with Crippen LogP contribution in [0.3, 0.4) is 0 Å². The highest BCUT2D eigenvalue weighted by Gasteiger charge is 2.35. The number of hydrogen-bond donors (Lipinski definition) is 1. The monoisotopic (exact) mass is 313 g/mol. The molecule has 1 heterocycles. The highest BCUT2D eigenvalue weighted by Crippen LogP contribution is 2.31. The fourth-order valence-corrected chi connectivity index (χ4v) is 3.45. The van der Waals surface area contributed by atoms with Gasteiger partial charge in [-0.15, -0.1) is 0 Å². The number of halogens is 1. The van der Waals surface area contributed by atoms with E-state index in [1.54, 1.807) is 4.68 Å². The van der Waals surface area contributed by atoms with Crippen molar-refractivity contribution >= 4 is 21.8 Å². The van der Waals surface area contributed by atoms with Gasteiger partial charge in [0.15, 0.2) is 0 Å². The molecule has 4 nitrogen and oxygen atoms in total. The number of rotatable bonds is 3. The molecule has 0 radical (unpaired) electrons. The van der Waals surface area contributed by atoms with E-state index in [0.29, 0.717) is 0 Å². The van der Waals surface area contributed by atoms with E-state index in [1.807, 2.05) is 20.9 Å². The summed E-state index contributed by atoms with van der Waals surface area (Å²) >= 11 is 3.54. The second-order valence-electron chi connectivity index (χ2n) is 5.24. The molecule has 0 saturated heterocycles. The van der Waals surface area contributed by atoms with Crippen LogP contribution in [0.4, 0.5) is 0 Å². The summed E-state index contributed by atoms with van der Waals surface area (Å²) in [6.07, 6.45) is 4.50. The van der Waals surface area contributed by atoms with Gasteiger partial charge in [-0.1, -0.05) is 28.8 Å². The Labute approximate surface area is 116 Å². The molecule has 0 aromatic carbocycles. The van der Waals surface area contributed by atoms with E-state index in [9.17, 15) is 4.79 Å². The predicted molar refractivity (Wildman–Crippen MR) is 75.1 cm³/mol. The molecule has 1 aliphatic carbocycles. The van der Waals surface area contributed by atoms with Crippen molar-refractivity contribution in [3.8, 4) is 0 Å². The van der Waals surface area contributed by atoms with Crippen molar-refractivity contribution in [3.05, 3.63) is 17.0 Å². The first kappa shape index (κ1) is 13.6. The van der Waals surface area contributed by atoms with Crippen molar-refractivity contribution in [1.29, 1.82) is 0 Å². The first-order valence-corrected chi connectivity index (χ1v) is 7.50. The van der Waals surface area contributed by atoms with E-state index in [4.69, 9.17) is 0 Å². The minimum Gasteiger partial charge on any atom is -0.346 e. The lowest BCUT2D eigenvalue weighted by atomic mass is 9.99. The number of nitrogens with zero attached hydrogens (tertiary/aromatic N) is 2. The maximum Gasteiger partial charge on any atom is 0.255 e. The minimum atomic E-state index is -0.0637. The zero-order valence-electron chi connectivity index (χ0n) is 11.2. The van der Waals surface area contributed by atoms with E-state index >= 15 is 0 Å². The van der Waals surface area contributed by atoms with Crippen LogP contribution in [0.1, 0.15) is 47.4 Å². The van der Waals surface area contributed by atoms with E-state index in [0.717, 1.165) is 35.1 Å². The van der Waals surface area contributed by atoms with Crippen LogP contribution in [0.15, 0.2) is 0 Å². The zero-order valence-corrected chi connectivity index (χ0v) is 12.8. The molecule has 0 unspecified atom stereocenters. The molecule has 1 aliphatic rings. The predicted octanol–water partition coefficient (Wildman–Crippen LogP) is 2.47. The van der Waals surface area contributed by atoms with Crippen molar-refractivity contribution in [2.45, 2.75) is 45.1 Å². The van der Waals surface area contributed by atoms with Crippen LogP contribution < -0.4 is 5.32 Å². The lowest BCUT2D eigenvalue weighted by molar-refractivity contribution is 0.0909. The molecule has 1 fully saturated rings. The quantitative estimate of drug-likeness (QED) is 0.871. The molecule has 0 bridgehead atoms. The molecule has 0 spiro atoms. The van der Waals surface area contributed by atoms with Gasteiger partial charge in [0.2, 0.25) is 0 Å². The van der Waals surface area contributed by atoms with Crippen LogP contribution >= 0.6 is 15.9 Å². The van der Waals surface area contributed by atoms with Crippen LogP contribution in [-0.2, 0) is 7.05 Å².